The topological polar surface area (TPSA) is 64.6 Å². The quantitative estimate of drug-likeness (QED) is 0.249. The Bertz CT molecular complexity index is 1250. The van der Waals surface area contributed by atoms with E-state index in [1.165, 1.54) is 26.3 Å². The highest BCUT2D eigenvalue weighted by atomic mass is 35.5. The number of methoxy groups -OCH3 is 1. The van der Waals surface area contributed by atoms with Gasteiger partial charge in [0, 0.05) is 37.8 Å². The van der Waals surface area contributed by atoms with Gasteiger partial charge in [0.05, 0.1) is 36.6 Å². The number of nitrogens with one attached hydrogen (secondary N) is 1. The lowest BCUT2D eigenvalue weighted by atomic mass is 9.54. The van der Waals surface area contributed by atoms with Crippen LogP contribution in [0.5, 0.6) is 5.75 Å². The van der Waals surface area contributed by atoms with Crippen LogP contribution in [0.25, 0.3) is 0 Å². The van der Waals surface area contributed by atoms with Gasteiger partial charge in [0.25, 0.3) is 0 Å². The number of carbonyl (C=O) groups is 2. The number of benzene rings is 2. The zero-order chi connectivity index (χ0) is 27.8. The van der Waals surface area contributed by atoms with Gasteiger partial charge in [0.1, 0.15) is 17.9 Å². The maximum Gasteiger partial charge on any atom is 0.308 e. The molecule has 210 valence electrons. The average molecular weight is 575 g/mol. The van der Waals surface area contributed by atoms with Crippen LogP contribution in [0.4, 0.5) is 0 Å². The highest BCUT2D eigenvalue weighted by molar-refractivity contribution is 6.42. The Morgan fingerprint density at radius 2 is 1.87 bits per heavy atom. The molecular formula is C31H39Cl2N2O4+. The van der Waals surface area contributed by atoms with Crippen molar-refractivity contribution in [2.45, 2.75) is 68.9 Å². The van der Waals surface area contributed by atoms with E-state index in [1.807, 2.05) is 31.4 Å². The number of hydrogen-bond donors (Lipinski definition) is 1. The summed E-state index contributed by atoms with van der Waals surface area (Å²) in [4.78, 5) is 24.9. The molecule has 39 heavy (non-hydrogen) atoms. The van der Waals surface area contributed by atoms with Crippen LogP contribution in [0.15, 0.2) is 42.5 Å². The van der Waals surface area contributed by atoms with Crippen molar-refractivity contribution in [1.82, 2.24) is 5.32 Å². The second kappa shape index (κ2) is 11.0. The molecule has 0 spiro atoms. The molecule has 3 aliphatic rings. The van der Waals surface area contributed by atoms with Gasteiger partial charge in [0.15, 0.2) is 0 Å². The number of carbonyl (C=O) groups excluding carboxylic acids is 2. The number of likely N-dealkylation sites (tertiary alicyclic amines) is 1. The minimum absolute atomic E-state index is 0.00113. The Morgan fingerprint density at radius 3 is 2.56 bits per heavy atom. The number of fused-ring (bicyclic) bond motifs is 1. The summed E-state index contributed by atoms with van der Waals surface area (Å²) in [5.41, 5.74) is 1.25. The Labute approximate surface area is 241 Å². The number of amides is 1. The first-order valence-corrected chi connectivity index (χ1v) is 14.7. The van der Waals surface area contributed by atoms with E-state index in [1.54, 1.807) is 12.1 Å². The number of hydrogen-bond acceptors (Lipinski definition) is 4. The van der Waals surface area contributed by atoms with E-state index in [9.17, 15) is 9.59 Å². The van der Waals surface area contributed by atoms with Crippen molar-refractivity contribution >= 4 is 35.1 Å². The Hall–Kier alpha value is -2.12. The maximum atomic E-state index is 13.2. The van der Waals surface area contributed by atoms with Crippen LogP contribution in [0, 0.1) is 5.92 Å². The standard InChI is InChI=1S/C31H38Cl2N2O4/c1-21(36)39-26-6-4-5-24(17-26)30-13-14-35(2,19-22-7-8-22)20-31(30,38-3)12-11-25(18-30)34-29(37)16-23-9-10-27(32)28(33)15-23/h4-6,9-10,15,17,22,25H,7-8,11-14,16,18-20H2,1-3H3/p+1/t25-,30-,31?,35+/m0/s1. The molecule has 2 aliphatic carbocycles. The van der Waals surface area contributed by atoms with Crippen LogP contribution < -0.4 is 10.1 Å². The molecule has 1 aliphatic heterocycles. The van der Waals surface area contributed by atoms with E-state index in [0.29, 0.717) is 15.8 Å². The molecule has 2 aromatic carbocycles. The van der Waals surface area contributed by atoms with Crippen LogP contribution in [-0.4, -0.2) is 61.8 Å². The van der Waals surface area contributed by atoms with E-state index >= 15 is 0 Å². The van der Waals surface area contributed by atoms with E-state index in [-0.39, 0.29) is 35.4 Å². The largest absolute Gasteiger partial charge is 0.427 e. The first-order chi connectivity index (χ1) is 18.6. The van der Waals surface area contributed by atoms with Crippen molar-refractivity contribution in [3.05, 3.63) is 63.6 Å². The van der Waals surface area contributed by atoms with Crippen LogP contribution in [0.2, 0.25) is 10.0 Å². The fraction of sp³-hybridized carbons (Fsp3) is 0.548. The number of piperidine rings is 1. The number of esters is 1. The maximum absolute atomic E-state index is 13.2. The van der Waals surface area contributed by atoms with Gasteiger partial charge in [-0.1, -0.05) is 41.4 Å². The van der Waals surface area contributed by atoms with Crippen molar-refractivity contribution < 1.29 is 23.5 Å². The van der Waals surface area contributed by atoms with E-state index in [2.05, 4.69) is 18.4 Å². The lowest BCUT2D eigenvalue weighted by Gasteiger charge is -2.61. The highest BCUT2D eigenvalue weighted by Crippen LogP contribution is 2.55. The third kappa shape index (κ3) is 6.00. The minimum Gasteiger partial charge on any atom is -0.427 e. The Kier molecular flexibility index (Phi) is 8.04. The third-order valence-electron chi connectivity index (χ3n) is 9.23. The molecule has 1 saturated heterocycles. The number of halogens is 2. The number of likely N-dealkylation sites (N-methyl/N-ethyl adjacent to an activating group) is 1. The van der Waals surface area contributed by atoms with Gasteiger partial charge < -0.3 is 19.3 Å². The Morgan fingerprint density at radius 1 is 1.08 bits per heavy atom. The van der Waals surface area contributed by atoms with Gasteiger partial charge >= 0.3 is 5.97 Å². The number of ether oxygens (including phenoxy) is 2. The Balaban J connectivity index is 1.43. The second-order valence-electron chi connectivity index (χ2n) is 12.2. The molecular weight excluding hydrogens is 535 g/mol. The van der Waals surface area contributed by atoms with Gasteiger partial charge in [-0.2, -0.15) is 0 Å². The summed E-state index contributed by atoms with van der Waals surface area (Å²) in [6.07, 6.45) is 6.29. The summed E-state index contributed by atoms with van der Waals surface area (Å²) >= 11 is 12.2. The van der Waals surface area contributed by atoms with Crippen LogP contribution in [0.3, 0.4) is 0 Å². The second-order valence-corrected chi connectivity index (χ2v) is 13.0. The van der Waals surface area contributed by atoms with Crippen LogP contribution >= 0.6 is 23.2 Å². The SMILES string of the molecule is COC12CC[C@H](NC(=O)Cc3ccc(Cl)c(Cl)c3)C[C@]1(c1cccc(OC(C)=O)c1)CC[N@+](C)(CC1CC1)C2. The number of nitrogens with zero attached hydrogens (tertiary/aromatic N) is 1. The van der Waals surface area contributed by atoms with E-state index < -0.39 is 0 Å². The van der Waals surface area contributed by atoms with Crippen molar-refractivity contribution in [3.8, 4) is 5.75 Å². The fourth-order valence-corrected chi connectivity index (χ4v) is 7.62. The summed E-state index contributed by atoms with van der Waals surface area (Å²) in [6.45, 7) is 4.59. The lowest BCUT2D eigenvalue weighted by molar-refractivity contribution is -0.925. The molecule has 2 saturated carbocycles. The zero-order valence-corrected chi connectivity index (χ0v) is 24.6. The summed E-state index contributed by atoms with van der Waals surface area (Å²) in [6, 6.07) is 13.2. The summed E-state index contributed by atoms with van der Waals surface area (Å²) in [5.74, 6) is 1.00. The first-order valence-electron chi connectivity index (χ1n) is 14.0. The molecule has 1 N–H and O–H groups in total. The summed E-state index contributed by atoms with van der Waals surface area (Å²) in [5, 5.41) is 4.25. The molecule has 0 radical (unpaired) electrons. The monoisotopic (exact) mass is 573 g/mol. The number of quaternary nitrogens is 1. The van der Waals surface area contributed by atoms with Crippen molar-refractivity contribution in [1.29, 1.82) is 0 Å². The molecule has 1 heterocycles. The predicted octanol–water partition coefficient (Wildman–Crippen LogP) is 5.71. The van der Waals surface area contributed by atoms with Gasteiger partial charge in [-0.15, -0.1) is 0 Å². The van der Waals surface area contributed by atoms with Crippen LogP contribution in [-0.2, 0) is 26.2 Å². The smallest absolute Gasteiger partial charge is 0.308 e. The summed E-state index contributed by atoms with van der Waals surface area (Å²) < 4.78 is 13.1. The predicted molar refractivity (Wildman–Crippen MR) is 153 cm³/mol. The zero-order valence-electron chi connectivity index (χ0n) is 23.1. The molecule has 0 aromatic heterocycles. The molecule has 0 bridgehead atoms. The first kappa shape index (κ1) is 28.4. The van der Waals surface area contributed by atoms with Gasteiger partial charge in [-0.25, -0.2) is 0 Å². The molecule has 5 rings (SSSR count). The average Bonchev–Trinajstić information content (AvgIpc) is 3.69. The summed E-state index contributed by atoms with van der Waals surface area (Å²) in [7, 11) is 4.23. The molecule has 2 aromatic rings. The molecule has 4 atom stereocenters. The molecule has 1 amide bonds. The molecule has 3 fully saturated rings. The van der Waals surface area contributed by atoms with Crippen molar-refractivity contribution in [3.63, 3.8) is 0 Å². The van der Waals surface area contributed by atoms with E-state index in [4.69, 9.17) is 32.7 Å². The van der Waals surface area contributed by atoms with Gasteiger partial charge in [0.2, 0.25) is 5.91 Å². The highest BCUT2D eigenvalue weighted by Gasteiger charge is 2.63. The van der Waals surface area contributed by atoms with Gasteiger partial charge in [-0.3, -0.25) is 9.59 Å². The number of rotatable bonds is 8. The minimum atomic E-state index is -0.380. The van der Waals surface area contributed by atoms with E-state index in [0.717, 1.165) is 60.3 Å². The van der Waals surface area contributed by atoms with Crippen LogP contribution in [0.1, 0.15) is 56.6 Å². The van der Waals surface area contributed by atoms with Crippen molar-refractivity contribution in [2.24, 2.45) is 5.92 Å². The molecule has 8 heteroatoms. The third-order valence-corrected chi connectivity index (χ3v) is 9.97. The molecule has 6 nitrogen and oxygen atoms in total. The van der Waals surface area contributed by atoms with Gasteiger partial charge in [-0.05, 0) is 67.5 Å². The lowest BCUT2D eigenvalue weighted by Crippen LogP contribution is -2.72. The fourth-order valence-electron chi connectivity index (χ4n) is 7.30. The normalized spacial score (nSPS) is 30.3. The van der Waals surface area contributed by atoms with Crippen molar-refractivity contribution in [2.75, 3.05) is 33.8 Å². The molecule has 1 unspecified atom stereocenters.